The Morgan fingerprint density at radius 2 is 1.79 bits per heavy atom. The number of carboxylic acid groups (broad SMARTS) is 1. The predicted molar refractivity (Wildman–Crippen MR) is 74.3 cm³/mol. The minimum absolute atomic E-state index is 0.0513. The van der Waals surface area contributed by atoms with Gasteiger partial charge in [0, 0.05) is 32.6 Å². The predicted octanol–water partition coefficient (Wildman–Crippen LogP) is 1.71. The van der Waals surface area contributed by atoms with Crippen LogP contribution < -0.4 is 10.5 Å². The van der Waals surface area contributed by atoms with Crippen LogP contribution in [-0.4, -0.2) is 5.97 Å². The van der Waals surface area contributed by atoms with Crippen LogP contribution in [-0.2, 0) is 11.2 Å². The Labute approximate surface area is 112 Å². The zero-order valence-electron chi connectivity index (χ0n) is 9.88. The molecule has 2 aromatic carbocycles. The molecular formula is C15H9O3S-. The molecule has 0 bridgehead atoms. The van der Waals surface area contributed by atoms with E-state index in [0.717, 1.165) is 9.40 Å². The Morgan fingerprint density at radius 3 is 2.58 bits per heavy atom. The van der Waals surface area contributed by atoms with Crippen molar-refractivity contribution in [1.29, 1.82) is 0 Å². The van der Waals surface area contributed by atoms with E-state index in [1.165, 1.54) is 11.3 Å². The standard InChI is InChI=1S/C15H10O3S/c16-14(17)8-9-5-6-13-11(7-9)15(18)10-3-1-2-4-12(10)19-13/h1-7H,8H2,(H,16,17)/p-1. The zero-order valence-corrected chi connectivity index (χ0v) is 10.7. The summed E-state index contributed by atoms with van der Waals surface area (Å²) in [6.07, 6.45) is -0.174. The van der Waals surface area contributed by atoms with Crippen LogP contribution in [0.2, 0.25) is 0 Å². The van der Waals surface area contributed by atoms with E-state index in [0.29, 0.717) is 16.3 Å². The van der Waals surface area contributed by atoms with Crippen molar-refractivity contribution in [1.82, 2.24) is 0 Å². The quantitative estimate of drug-likeness (QED) is 0.665. The van der Waals surface area contributed by atoms with Gasteiger partial charge in [-0.05, 0) is 29.8 Å². The van der Waals surface area contributed by atoms with Crippen molar-refractivity contribution in [2.45, 2.75) is 6.42 Å². The highest BCUT2D eigenvalue weighted by atomic mass is 32.1. The van der Waals surface area contributed by atoms with Crippen molar-refractivity contribution in [3.8, 4) is 0 Å². The maximum atomic E-state index is 12.4. The molecule has 19 heavy (non-hydrogen) atoms. The topological polar surface area (TPSA) is 57.2 Å². The summed E-state index contributed by atoms with van der Waals surface area (Å²) in [4.78, 5) is 23.0. The van der Waals surface area contributed by atoms with E-state index < -0.39 is 5.97 Å². The monoisotopic (exact) mass is 269 g/mol. The van der Waals surface area contributed by atoms with Crippen molar-refractivity contribution in [3.63, 3.8) is 0 Å². The number of benzene rings is 2. The highest BCUT2D eigenvalue weighted by Crippen LogP contribution is 2.25. The minimum atomic E-state index is -1.14. The molecule has 3 rings (SSSR count). The highest BCUT2D eigenvalue weighted by molar-refractivity contribution is 7.24. The van der Waals surface area contributed by atoms with Crippen molar-refractivity contribution in [2.24, 2.45) is 0 Å². The number of carboxylic acids is 1. The highest BCUT2D eigenvalue weighted by Gasteiger charge is 2.06. The number of hydrogen-bond donors (Lipinski definition) is 0. The third kappa shape index (κ3) is 2.11. The molecule has 0 spiro atoms. The van der Waals surface area contributed by atoms with Gasteiger partial charge in [0.15, 0.2) is 5.43 Å². The lowest BCUT2D eigenvalue weighted by Gasteiger charge is -2.05. The lowest BCUT2D eigenvalue weighted by molar-refractivity contribution is -0.304. The Kier molecular flexibility index (Phi) is 2.80. The second-order valence-electron chi connectivity index (χ2n) is 4.31. The molecule has 0 N–H and O–H groups in total. The van der Waals surface area contributed by atoms with E-state index in [9.17, 15) is 14.7 Å². The molecule has 0 fully saturated rings. The number of hydrogen-bond acceptors (Lipinski definition) is 4. The van der Waals surface area contributed by atoms with E-state index in [1.54, 1.807) is 24.3 Å². The van der Waals surface area contributed by atoms with Gasteiger partial charge in [-0.15, -0.1) is 11.3 Å². The SMILES string of the molecule is O=C([O-])Cc1ccc2sc3ccccc3c(=O)c2c1. The second kappa shape index (κ2) is 4.48. The Balaban J connectivity index is 2.33. The van der Waals surface area contributed by atoms with E-state index >= 15 is 0 Å². The molecule has 0 saturated heterocycles. The van der Waals surface area contributed by atoms with Crippen LogP contribution in [0.15, 0.2) is 47.3 Å². The maximum Gasteiger partial charge on any atom is 0.195 e. The van der Waals surface area contributed by atoms with Gasteiger partial charge in [0.05, 0.1) is 0 Å². The van der Waals surface area contributed by atoms with Gasteiger partial charge in [-0.2, -0.15) is 0 Å². The smallest absolute Gasteiger partial charge is 0.195 e. The van der Waals surface area contributed by atoms with Crippen LogP contribution in [0.4, 0.5) is 0 Å². The number of carbonyl (C=O) groups is 1. The van der Waals surface area contributed by atoms with Crippen molar-refractivity contribution >= 4 is 37.5 Å². The largest absolute Gasteiger partial charge is 0.550 e. The summed E-state index contributed by atoms with van der Waals surface area (Å²) in [6, 6.07) is 12.6. The lowest BCUT2D eigenvalue weighted by atomic mass is 10.1. The molecular weight excluding hydrogens is 260 g/mol. The first-order valence-corrected chi connectivity index (χ1v) is 6.61. The number of fused-ring (bicyclic) bond motifs is 2. The molecule has 4 heteroatoms. The summed E-state index contributed by atoms with van der Waals surface area (Å²) in [5, 5.41) is 11.9. The Bertz CT molecular complexity index is 849. The fourth-order valence-corrected chi connectivity index (χ4v) is 3.18. The summed E-state index contributed by atoms with van der Waals surface area (Å²) in [7, 11) is 0. The van der Waals surface area contributed by atoms with Crippen molar-refractivity contribution in [2.75, 3.05) is 0 Å². The first-order chi connectivity index (χ1) is 9.15. The minimum Gasteiger partial charge on any atom is -0.550 e. The van der Waals surface area contributed by atoms with Gasteiger partial charge in [-0.3, -0.25) is 4.79 Å². The molecule has 1 aromatic heterocycles. The van der Waals surface area contributed by atoms with E-state index in [1.807, 2.05) is 18.2 Å². The van der Waals surface area contributed by atoms with Gasteiger partial charge >= 0.3 is 0 Å². The van der Waals surface area contributed by atoms with Crippen molar-refractivity contribution < 1.29 is 9.90 Å². The van der Waals surface area contributed by atoms with Crippen molar-refractivity contribution in [3.05, 3.63) is 58.3 Å². The molecule has 0 amide bonds. The molecule has 0 saturated carbocycles. The van der Waals surface area contributed by atoms with E-state index in [2.05, 4.69) is 0 Å². The summed E-state index contributed by atoms with van der Waals surface area (Å²) in [5.74, 6) is -1.14. The van der Waals surface area contributed by atoms with Crippen LogP contribution in [0.25, 0.3) is 20.2 Å². The van der Waals surface area contributed by atoms with E-state index in [-0.39, 0.29) is 11.8 Å². The molecule has 94 valence electrons. The zero-order chi connectivity index (χ0) is 13.4. The lowest BCUT2D eigenvalue weighted by Crippen LogP contribution is -2.24. The summed E-state index contributed by atoms with van der Waals surface area (Å²) < 4.78 is 1.80. The summed E-state index contributed by atoms with van der Waals surface area (Å²) >= 11 is 1.53. The first kappa shape index (κ1) is 11.9. The molecule has 0 atom stereocenters. The fourth-order valence-electron chi connectivity index (χ4n) is 2.13. The fraction of sp³-hybridized carbons (Fsp3) is 0.0667. The Morgan fingerprint density at radius 1 is 1.05 bits per heavy atom. The third-order valence-corrected chi connectivity index (χ3v) is 4.14. The summed E-state index contributed by atoms with van der Waals surface area (Å²) in [6.45, 7) is 0. The summed E-state index contributed by atoms with van der Waals surface area (Å²) in [5.41, 5.74) is 0.539. The molecule has 0 aliphatic rings. The average Bonchev–Trinajstić information content (AvgIpc) is 2.39. The van der Waals surface area contributed by atoms with Gasteiger partial charge < -0.3 is 9.90 Å². The number of rotatable bonds is 2. The van der Waals surface area contributed by atoms with Gasteiger partial charge in [0.1, 0.15) is 0 Å². The van der Waals surface area contributed by atoms with Gasteiger partial charge in [0.25, 0.3) is 0 Å². The van der Waals surface area contributed by atoms with Gasteiger partial charge in [-0.1, -0.05) is 18.2 Å². The molecule has 3 nitrogen and oxygen atoms in total. The normalized spacial score (nSPS) is 10.9. The Hall–Kier alpha value is -2.20. The molecule has 0 radical (unpaired) electrons. The molecule has 3 aromatic rings. The second-order valence-corrected chi connectivity index (χ2v) is 5.39. The van der Waals surface area contributed by atoms with Gasteiger partial charge in [0.2, 0.25) is 0 Å². The number of carbonyl (C=O) groups excluding carboxylic acids is 1. The van der Waals surface area contributed by atoms with Crippen LogP contribution in [0.3, 0.4) is 0 Å². The van der Waals surface area contributed by atoms with Gasteiger partial charge in [-0.25, -0.2) is 0 Å². The maximum absolute atomic E-state index is 12.4. The molecule has 0 aliphatic heterocycles. The van der Waals surface area contributed by atoms with E-state index in [4.69, 9.17) is 0 Å². The first-order valence-electron chi connectivity index (χ1n) is 5.79. The van der Waals surface area contributed by atoms with Crippen LogP contribution in [0, 0.1) is 0 Å². The van der Waals surface area contributed by atoms with Crippen LogP contribution in [0.5, 0.6) is 0 Å². The van der Waals surface area contributed by atoms with Crippen LogP contribution >= 0.6 is 11.3 Å². The van der Waals surface area contributed by atoms with Crippen LogP contribution in [0.1, 0.15) is 5.56 Å². The molecule has 0 aliphatic carbocycles. The average molecular weight is 269 g/mol. The number of aliphatic carboxylic acids is 1. The third-order valence-electron chi connectivity index (χ3n) is 2.99. The molecule has 1 heterocycles. The molecule has 0 unspecified atom stereocenters.